The number of nitrogens with zero attached hydrogens (tertiary/aromatic N) is 1. The topological polar surface area (TPSA) is 92.8 Å². The average molecular weight is 473 g/mol. The van der Waals surface area contributed by atoms with Gasteiger partial charge in [-0.1, -0.05) is 48.0 Å². The van der Waals surface area contributed by atoms with Crippen molar-refractivity contribution in [3.63, 3.8) is 0 Å². The van der Waals surface area contributed by atoms with E-state index in [1.54, 1.807) is 61.5 Å². The maximum absolute atomic E-state index is 13.3. The summed E-state index contributed by atoms with van der Waals surface area (Å²) < 4.78 is 32.4. The van der Waals surface area contributed by atoms with Crippen LogP contribution in [-0.4, -0.2) is 33.9 Å². The SMILES string of the molecule is COC(=O)c1cccc(NC(=O)CN(c2ccccc2Cl)S(=O)(=O)c2ccccc2)c1C. The number of methoxy groups -OCH3 is 1. The third-order valence-electron chi connectivity index (χ3n) is 4.75. The number of esters is 1. The molecule has 166 valence electrons. The van der Waals surface area contributed by atoms with E-state index in [1.807, 2.05) is 0 Å². The van der Waals surface area contributed by atoms with Gasteiger partial charge in [0, 0.05) is 5.69 Å². The third-order valence-corrected chi connectivity index (χ3v) is 6.85. The number of hydrogen-bond donors (Lipinski definition) is 1. The van der Waals surface area contributed by atoms with Gasteiger partial charge in [-0.25, -0.2) is 13.2 Å². The van der Waals surface area contributed by atoms with Crippen LogP contribution in [0.15, 0.2) is 77.7 Å². The molecule has 1 amide bonds. The number of ether oxygens (including phenoxy) is 1. The van der Waals surface area contributed by atoms with E-state index >= 15 is 0 Å². The number of para-hydroxylation sites is 1. The van der Waals surface area contributed by atoms with Crippen molar-refractivity contribution >= 4 is 44.9 Å². The number of amides is 1. The van der Waals surface area contributed by atoms with Crippen LogP contribution < -0.4 is 9.62 Å². The second-order valence-electron chi connectivity index (χ2n) is 6.79. The summed E-state index contributed by atoms with van der Waals surface area (Å²) in [6, 6.07) is 19.0. The molecular weight excluding hydrogens is 452 g/mol. The number of nitrogens with one attached hydrogen (secondary N) is 1. The molecule has 0 saturated carbocycles. The summed E-state index contributed by atoms with van der Waals surface area (Å²) in [6.45, 7) is 1.14. The van der Waals surface area contributed by atoms with E-state index in [1.165, 1.54) is 25.3 Å². The second-order valence-corrected chi connectivity index (χ2v) is 9.06. The monoisotopic (exact) mass is 472 g/mol. The highest BCUT2D eigenvalue weighted by atomic mass is 35.5. The van der Waals surface area contributed by atoms with Gasteiger partial charge in [0.1, 0.15) is 6.54 Å². The van der Waals surface area contributed by atoms with E-state index in [2.05, 4.69) is 5.32 Å². The molecule has 0 fully saturated rings. The summed E-state index contributed by atoms with van der Waals surface area (Å²) in [6.07, 6.45) is 0. The van der Waals surface area contributed by atoms with Crippen LogP contribution >= 0.6 is 11.6 Å². The Hall–Kier alpha value is -3.36. The molecular formula is C23H21ClN2O5S. The van der Waals surface area contributed by atoms with E-state index in [0.717, 1.165) is 4.31 Å². The molecule has 32 heavy (non-hydrogen) atoms. The summed E-state index contributed by atoms with van der Waals surface area (Å²) in [5.41, 5.74) is 1.34. The summed E-state index contributed by atoms with van der Waals surface area (Å²) in [5, 5.41) is 2.86. The van der Waals surface area contributed by atoms with Gasteiger partial charge in [0.2, 0.25) is 5.91 Å². The molecule has 3 rings (SSSR count). The van der Waals surface area contributed by atoms with Crippen LogP contribution in [0.2, 0.25) is 5.02 Å². The maximum atomic E-state index is 13.3. The maximum Gasteiger partial charge on any atom is 0.338 e. The fourth-order valence-electron chi connectivity index (χ4n) is 3.10. The molecule has 0 aliphatic rings. The summed E-state index contributed by atoms with van der Waals surface area (Å²) in [5.74, 6) is -1.14. The molecule has 0 heterocycles. The molecule has 0 radical (unpaired) electrons. The highest BCUT2D eigenvalue weighted by Gasteiger charge is 2.28. The average Bonchev–Trinajstić information content (AvgIpc) is 2.79. The zero-order chi connectivity index (χ0) is 23.3. The van der Waals surface area contributed by atoms with Crippen LogP contribution in [0.3, 0.4) is 0 Å². The van der Waals surface area contributed by atoms with Gasteiger partial charge < -0.3 is 10.1 Å². The van der Waals surface area contributed by atoms with Gasteiger partial charge in [-0.2, -0.15) is 0 Å². The van der Waals surface area contributed by atoms with Crippen LogP contribution in [0, 0.1) is 6.92 Å². The first-order valence-electron chi connectivity index (χ1n) is 9.56. The van der Waals surface area contributed by atoms with Crippen molar-refractivity contribution in [2.45, 2.75) is 11.8 Å². The molecule has 3 aromatic rings. The zero-order valence-corrected chi connectivity index (χ0v) is 19.0. The number of halogens is 1. The van der Waals surface area contributed by atoms with Crippen molar-refractivity contribution in [3.05, 3.63) is 88.9 Å². The fourth-order valence-corrected chi connectivity index (χ4v) is 4.84. The molecule has 0 aliphatic heterocycles. The molecule has 3 aromatic carbocycles. The first-order chi connectivity index (χ1) is 15.3. The first kappa shape index (κ1) is 23.3. The molecule has 0 aliphatic carbocycles. The number of anilines is 2. The zero-order valence-electron chi connectivity index (χ0n) is 17.4. The Morgan fingerprint density at radius 2 is 1.62 bits per heavy atom. The number of sulfonamides is 1. The van der Waals surface area contributed by atoms with Crippen LogP contribution in [0.1, 0.15) is 15.9 Å². The lowest BCUT2D eigenvalue weighted by Gasteiger charge is -2.25. The Labute approximate surface area is 191 Å². The van der Waals surface area contributed by atoms with Gasteiger partial charge in [-0.15, -0.1) is 0 Å². The molecule has 0 atom stereocenters. The highest BCUT2D eigenvalue weighted by molar-refractivity contribution is 7.92. The van der Waals surface area contributed by atoms with Gasteiger partial charge in [0.15, 0.2) is 0 Å². The van der Waals surface area contributed by atoms with Crippen LogP contribution in [0.25, 0.3) is 0 Å². The third kappa shape index (κ3) is 4.92. The lowest BCUT2D eigenvalue weighted by Crippen LogP contribution is -2.38. The quantitative estimate of drug-likeness (QED) is 0.518. The normalized spacial score (nSPS) is 11.0. The Kier molecular flexibility index (Phi) is 7.17. The Morgan fingerprint density at radius 3 is 2.28 bits per heavy atom. The number of carbonyl (C=O) groups excluding carboxylic acids is 2. The number of benzene rings is 3. The van der Waals surface area contributed by atoms with Gasteiger partial charge in [-0.05, 0) is 48.9 Å². The lowest BCUT2D eigenvalue weighted by molar-refractivity contribution is -0.114. The van der Waals surface area contributed by atoms with Gasteiger partial charge >= 0.3 is 5.97 Å². The standard InChI is InChI=1S/C23H21ClN2O5S/c1-16-18(23(28)31-2)11-8-13-20(16)25-22(27)15-26(21-14-7-6-12-19(21)24)32(29,30)17-9-4-3-5-10-17/h3-14H,15H2,1-2H3,(H,25,27). The first-order valence-corrected chi connectivity index (χ1v) is 11.4. The fraction of sp³-hybridized carbons (Fsp3) is 0.130. The Balaban J connectivity index is 1.96. The van der Waals surface area contributed by atoms with Crippen LogP contribution in [0.5, 0.6) is 0 Å². The predicted molar refractivity (Wildman–Crippen MR) is 124 cm³/mol. The minimum atomic E-state index is -4.09. The minimum Gasteiger partial charge on any atom is -0.465 e. The van der Waals surface area contributed by atoms with E-state index in [9.17, 15) is 18.0 Å². The molecule has 0 unspecified atom stereocenters. The van der Waals surface area contributed by atoms with E-state index in [4.69, 9.17) is 16.3 Å². The van der Waals surface area contributed by atoms with E-state index in [-0.39, 0.29) is 15.6 Å². The number of carbonyl (C=O) groups is 2. The van der Waals surface area contributed by atoms with Crippen LogP contribution in [-0.2, 0) is 19.6 Å². The van der Waals surface area contributed by atoms with Crippen molar-refractivity contribution in [1.82, 2.24) is 0 Å². The van der Waals surface area contributed by atoms with Gasteiger partial charge in [-0.3, -0.25) is 9.10 Å². The molecule has 0 bridgehead atoms. The van der Waals surface area contributed by atoms with Crippen molar-refractivity contribution < 1.29 is 22.7 Å². The van der Waals surface area contributed by atoms with Crippen molar-refractivity contribution in [3.8, 4) is 0 Å². The minimum absolute atomic E-state index is 0.0246. The molecule has 0 spiro atoms. The predicted octanol–water partition coefficient (Wildman–Crippen LogP) is 4.27. The molecule has 0 aromatic heterocycles. The summed E-state index contributed by atoms with van der Waals surface area (Å²) in [4.78, 5) is 24.9. The largest absolute Gasteiger partial charge is 0.465 e. The van der Waals surface area contributed by atoms with Crippen molar-refractivity contribution in [2.75, 3.05) is 23.3 Å². The van der Waals surface area contributed by atoms with Crippen LogP contribution in [0.4, 0.5) is 11.4 Å². The smallest absolute Gasteiger partial charge is 0.338 e. The van der Waals surface area contributed by atoms with Crippen molar-refractivity contribution in [1.29, 1.82) is 0 Å². The summed E-state index contributed by atoms with van der Waals surface area (Å²) in [7, 11) is -2.82. The van der Waals surface area contributed by atoms with Gasteiger partial charge in [0.25, 0.3) is 10.0 Å². The Bertz CT molecular complexity index is 1250. The van der Waals surface area contributed by atoms with Gasteiger partial charge in [0.05, 0.1) is 28.3 Å². The molecule has 7 nitrogen and oxygen atoms in total. The lowest BCUT2D eigenvalue weighted by atomic mass is 10.1. The number of hydrogen-bond acceptors (Lipinski definition) is 5. The van der Waals surface area contributed by atoms with Crippen molar-refractivity contribution in [2.24, 2.45) is 0 Å². The highest BCUT2D eigenvalue weighted by Crippen LogP contribution is 2.30. The summed E-state index contributed by atoms with van der Waals surface area (Å²) >= 11 is 6.26. The number of rotatable bonds is 7. The Morgan fingerprint density at radius 1 is 0.969 bits per heavy atom. The second kappa shape index (κ2) is 9.84. The molecule has 0 saturated heterocycles. The molecule has 9 heteroatoms. The van der Waals surface area contributed by atoms with E-state index < -0.39 is 28.4 Å². The molecule has 1 N–H and O–H groups in total. The van der Waals surface area contributed by atoms with E-state index in [0.29, 0.717) is 16.8 Å².